The minimum Gasteiger partial charge on any atom is -0.355 e. The molecule has 3 aromatic heterocycles. The van der Waals surface area contributed by atoms with E-state index in [1.807, 2.05) is 24.3 Å². The minimum absolute atomic E-state index is 0. The molecule has 32 heavy (non-hydrogen) atoms. The van der Waals surface area contributed by atoms with E-state index in [-0.39, 0.29) is 16.8 Å². The number of nitrogens with one attached hydrogen (secondary N) is 2. The third kappa shape index (κ3) is 4.12. The van der Waals surface area contributed by atoms with Crippen LogP contribution >= 0.6 is 15.9 Å². The Labute approximate surface area is 203 Å². The fourth-order valence-corrected chi connectivity index (χ4v) is 4.14. The van der Waals surface area contributed by atoms with Crippen molar-refractivity contribution in [3.63, 3.8) is 0 Å². The van der Waals surface area contributed by atoms with Crippen LogP contribution in [-0.2, 0) is 16.8 Å². The van der Waals surface area contributed by atoms with Gasteiger partial charge in [-0.15, -0.1) is 0 Å². The first-order chi connectivity index (χ1) is 15.2. The van der Waals surface area contributed by atoms with Crippen molar-refractivity contribution in [3.05, 3.63) is 106 Å². The van der Waals surface area contributed by atoms with Crippen LogP contribution in [0.1, 0.15) is 28.3 Å². The van der Waals surface area contributed by atoms with Gasteiger partial charge in [-0.2, -0.15) is 0 Å². The van der Waals surface area contributed by atoms with Crippen LogP contribution in [0.5, 0.6) is 0 Å². The summed E-state index contributed by atoms with van der Waals surface area (Å²) < 4.78 is 1.06. The smallest absolute Gasteiger partial charge is 0.0736 e. The van der Waals surface area contributed by atoms with Crippen molar-refractivity contribution in [2.24, 2.45) is 0 Å². The van der Waals surface area contributed by atoms with E-state index in [1.54, 1.807) is 0 Å². The number of benzene rings is 1. The monoisotopic (exact) mass is 523 g/mol. The Balaban J connectivity index is 0.00000216. The van der Waals surface area contributed by atoms with Gasteiger partial charge in [0.2, 0.25) is 0 Å². The molecule has 0 atom stereocenters. The van der Waals surface area contributed by atoms with Crippen molar-refractivity contribution >= 4 is 61.8 Å². The summed E-state index contributed by atoms with van der Waals surface area (Å²) in [5.74, 6) is 0. The van der Waals surface area contributed by atoms with E-state index in [9.17, 15) is 0 Å². The molecule has 2 N–H and O–H groups in total. The molecule has 0 unspecified atom stereocenters. The summed E-state index contributed by atoms with van der Waals surface area (Å²) in [7, 11) is 0. The first kappa shape index (κ1) is 20.7. The van der Waals surface area contributed by atoms with Gasteiger partial charge in [0.1, 0.15) is 0 Å². The maximum Gasteiger partial charge on any atom is 0.0736 e. The maximum absolute atomic E-state index is 4.92. The number of hydrogen-bond donors (Lipinski definition) is 2. The Kier molecular flexibility index (Phi) is 5.42. The second-order valence-corrected chi connectivity index (χ2v) is 8.51. The molecule has 4 aromatic rings. The molecule has 2 aliphatic heterocycles. The number of H-pyrrole nitrogens is 2. The molecule has 4 nitrogen and oxygen atoms in total. The number of aromatic amines is 2. The fourth-order valence-electron chi connectivity index (χ4n) is 3.87. The maximum atomic E-state index is 4.92. The number of hydrogen-bond acceptors (Lipinski definition) is 2. The Morgan fingerprint density at radius 2 is 1.12 bits per heavy atom. The zero-order valence-electron chi connectivity index (χ0n) is 16.8. The van der Waals surface area contributed by atoms with Crippen LogP contribution in [0, 0.1) is 0 Å². The van der Waals surface area contributed by atoms with Crippen molar-refractivity contribution in [1.29, 1.82) is 0 Å². The molecule has 0 saturated carbocycles. The summed E-state index contributed by atoms with van der Waals surface area (Å²) in [5, 5.41) is 0. The molecule has 6 heteroatoms. The van der Waals surface area contributed by atoms with Crippen molar-refractivity contribution in [2.45, 2.75) is 0 Å². The number of fused-ring (bicyclic) bond motifs is 8. The van der Waals surface area contributed by atoms with Gasteiger partial charge in [0.15, 0.2) is 0 Å². The van der Waals surface area contributed by atoms with Crippen molar-refractivity contribution in [2.75, 3.05) is 0 Å². The number of aromatic nitrogens is 4. The van der Waals surface area contributed by atoms with Crippen LogP contribution < -0.4 is 0 Å². The molecule has 1 aromatic carbocycles. The topological polar surface area (TPSA) is 57.4 Å². The Morgan fingerprint density at radius 1 is 0.594 bits per heavy atom. The molecular formula is C26H17BrCoN4. The molecule has 0 fully saturated rings. The van der Waals surface area contributed by atoms with E-state index in [0.717, 1.165) is 60.5 Å². The average Bonchev–Trinajstić information content (AvgIpc) is 3.54. The van der Waals surface area contributed by atoms with E-state index in [1.165, 1.54) is 0 Å². The molecule has 0 amide bonds. The van der Waals surface area contributed by atoms with Gasteiger partial charge < -0.3 is 9.97 Å². The first-order valence-corrected chi connectivity index (χ1v) is 10.8. The Morgan fingerprint density at radius 3 is 1.72 bits per heavy atom. The van der Waals surface area contributed by atoms with Gasteiger partial charge in [-0.1, -0.05) is 28.1 Å². The summed E-state index contributed by atoms with van der Waals surface area (Å²) in [5.41, 5.74) is 9.95. The van der Waals surface area contributed by atoms with Crippen molar-refractivity contribution in [1.82, 2.24) is 19.9 Å². The predicted molar refractivity (Wildman–Crippen MR) is 131 cm³/mol. The molecule has 157 valence electrons. The largest absolute Gasteiger partial charge is 0.355 e. The summed E-state index contributed by atoms with van der Waals surface area (Å²) in [6, 6.07) is 24.8. The van der Waals surface area contributed by atoms with Gasteiger partial charge in [0.05, 0.1) is 22.8 Å². The standard InChI is InChI=1S/C26H17BrN4.Co/c27-17-3-1-16(2-4-17)25-14-24-13-22-8-7-20(29-22)11-18-5-6-19(28-18)12-21-9-10-23(30-21)15-26(25)31-24;/h1-15,29-30H;. The summed E-state index contributed by atoms with van der Waals surface area (Å²) in [6.45, 7) is 0. The molecule has 0 saturated heterocycles. The second-order valence-electron chi connectivity index (χ2n) is 7.60. The zero-order chi connectivity index (χ0) is 20.8. The van der Waals surface area contributed by atoms with E-state index in [2.05, 4.69) is 92.6 Å². The van der Waals surface area contributed by atoms with E-state index >= 15 is 0 Å². The van der Waals surface area contributed by atoms with Gasteiger partial charge in [-0.05, 0) is 84.5 Å². The fraction of sp³-hybridized carbons (Fsp3) is 0. The minimum atomic E-state index is 0. The molecule has 8 bridgehead atoms. The van der Waals surface area contributed by atoms with Crippen molar-refractivity contribution in [3.8, 4) is 0 Å². The SMILES string of the molecule is Brc1ccc(C2=Cc3cc4ccc(cc5nc(cc6ccc(cc2n3)[nH]6)C=C5)[nH]4)cc1.[Co]. The predicted octanol–water partition coefficient (Wildman–Crippen LogP) is 6.83. The third-order valence-corrected chi connectivity index (χ3v) is 5.85. The molecule has 2 aliphatic rings. The molecule has 0 spiro atoms. The molecule has 6 rings (SSSR count). The summed E-state index contributed by atoms with van der Waals surface area (Å²) in [4.78, 5) is 16.5. The van der Waals surface area contributed by atoms with Crippen LogP contribution in [0.4, 0.5) is 0 Å². The van der Waals surface area contributed by atoms with Crippen LogP contribution in [0.25, 0.3) is 45.9 Å². The molecule has 5 heterocycles. The Bertz CT molecular complexity index is 1540. The number of rotatable bonds is 1. The normalized spacial score (nSPS) is 12.3. The van der Waals surface area contributed by atoms with E-state index < -0.39 is 0 Å². The second kappa shape index (κ2) is 8.39. The summed E-state index contributed by atoms with van der Waals surface area (Å²) >= 11 is 3.52. The van der Waals surface area contributed by atoms with Gasteiger partial charge in [0.25, 0.3) is 0 Å². The molecular weight excluding hydrogens is 507 g/mol. The van der Waals surface area contributed by atoms with E-state index in [0.29, 0.717) is 0 Å². The van der Waals surface area contributed by atoms with Gasteiger partial charge >= 0.3 is 0 Å². The number of nitrogens with zero attached hydrogens (tertiary/aromatic N) is 2. The van der Waals surface area contributed by atoms with Crippen LogP contribution in [0.15, 0.2) is 77.3 Å². The zero-order valence-corrected chi connectivity index (χ0v) is 19.4. The molecule has 1 radical (unpaired) electrons. The quantitative estimate of drug-likeness (QED) is 0.248. The first-order valence-electron chi connectivity index (χ1n) is 10.0. The van der Waals surface area contributed by atoms with Crippen molar-refractivity contribution < 1.29 is 16.8 Å². The average molecular weight is 524 g/mol. The number of halogens is 1. The van der Waals surface area contributed by atoms with Crippen LogP contribution in [-0.4, -0.2) is 19.9 Å². The molecule has 0 aliphatic carbocycles. The van der Waals surface area contributed by atoms with Gasteiger partial charge in [0, 0.05) is 48.9 Å². The van der Waals surface area contributed by atoms with Gasteiger partial charge in [-0.3, -0.25) is 0 Å². The third-order valence-electron chi connectivity index (χ3n) is 5.32. The summed E-state index contributed by atoms with van der Waals surface area (Å²) in [6.07, 6.45) is 6.19. The van der Waals surface area contributed by atoms with Gasteiger partial charge in [-0.25, -0.2) is 9.97 Å². The Hall–Kier alpha value is -3.19. The van der Waals surface area contributed by atoms with Crippen LogP contribution in [0.2, 0.25) is 0 Å². The van der Waals surface area contributed by atoms with E-state index in [4.69, 9.17) is 9.97 Å². The van der Waals surface area contributed by atoms with Crippen LogP contribution in [0.3, 0.4) is 0 Å².